The number of benzene rings is 3. The van der Waals surface area contributed by atoms with Crippen LogP contribution in [0, 0.1) is 5.92 Å². The van der Waals surface area contributed by atoms with Gasteiger partial charge in [-0.2, -0.15) is 9.78 Å². The van der Waals surface area contributed by atoms with Crippen LogP contribution in [-0.2, 0) is 28.1 Å². The molecule has 7 rings (SSSR count). The number of nitrogens with zero attached hydrogens (tertiary/aromatic N) is 6. The number of amides is 1. The largest absolute Gasteiger partial charge is 0.432 e. The number of aromatic nitrogens is 5. The Balaban J connectivity index is 1.35. The van der Waals surface area contributed by atoms with E-state index < -0.39 is 20.0 Å². The van der Waals surface area contributed by atoms with Crippen LogP contribution in [0.4, 0.5) is 11.4 Å². The number of carbonyl (C=O) groups is 1. The summed E-state index contributed by atoms with van der Waals surface area (Å²) in [5.74, 6) is -0.615. The fourth-order valence-corrected chi connectivity index (χ4v) is 10.0. The summed E-state index contributed by atoms with van der Waals surface area (Å²) in [6.07, 6.45) is 3.92. The van der Waals surface area contributed by atoms with E-state index in [9.17, 15) is 19.5 Å². The van der Waals surface area contributed by atoms with Crippen molar-refractivity contribution in [1.82, 2.24) is 24.8 Å². The molecule has 4 atom stereocenters. The normalized spacial score (nSPS) is 22.7. The molecule has 1 spiro atoms. The molecule has 0 saturated carbocycles. The van der Waals surface area contributed by atoms with E-state index in [1.165, 1.54) is 4.68 Å². The Kier molecular flexibility index (Phi) is 7.47. The molecule has 3 aromatic carbocycles. The number of hydrogen-bond donors (Lipinski definition) is 2. The van der Waals surface area contributed by atoms with Gasteiger partial charge >= 0.3 is 0 Å². The third-order valence-corrected chi connectivity index (χ3v) is 11.9. The minimum Gasteiger partial charge on any atom is -0.432 e. The number of ether oxygens (including phenoxy) is 1. The van der Waals surface area contributed by atoms with Crippen LogP contribution in [0.2, 0.25) is 18.6 Å². The van der Waals surface area contributed by atoms with Crippen molar-refractivity contribution in [3.8, 4) is 5.69 Å². The second-order valence-corrected chi connectivity index (χ2v) is 16.7. The first kappa shape index (κ1) is 30.2. The van der Waals surface area contributed by atoms with Crippen molar-refractivity contribution in [2.45, 2.75) is 56.7 Å². The fraction of sp³-hybridized carbons (Fsp3) is 0.324. The van der Waals surface area contributed by atoms with Crippen LogP contribution in [0.1, 0.15) is 24.6 Å². The Morgan fingerprint density at radius 2 is 1.76 bits per heavy atom. The van der Waals surface area contributed by atoms with Crippen molar-refractivity contribution in [2.24, 2.45) is 5.92 Å². The smallest absolute Gasteiger partial charge is 0.279 e. The van der Waals surface area contributed by atoms with Gasteiger partial charge < -0.3 is 14.6 Å². The maximum atomic E-state index is 14.9. The molecule has 1 fully saturated rings. The summed E-state index contributed by atoms with van der Waals surface area (Å²) in [7, 11) is -2.90. The third kappa shape index (κ3) is 4.80. The van der Waals surface area contributed by atoms with Gasteiger partial charge in [-0.3, -0.25) is 19.2 Å². The summed E-state index contributed by atoms with van der Waals surface area (Å²) in [5, 5.41) is 23.4. The molecule has 2 aromatic heterocycles. The van der Waals surface area contributed by atoms with Crippen molar-refractivity contribution >= 4 is 36.4 Å². The van der Waals surface area contributed by atoms with E-state index >= 15 is 0 Å². The summed E-state index contributed by atoms with van der Waals surface area (Å²) in [6.45, 7) is 6.23. The molecule has 1 saturated heterocycles. The first-order valence-electron chi connectivity index (χ1n) is 15.5. The quantitative estimate of drug-likeness (QED) is 0.243. The molecule has 46 heavy (non-hydrogen) atoms. The Morgan fingerprint density at radius 3 is 2.52 bits per heavy atom. The summed E-state index contributed by atoms with van der Waals surface area (Å²) >= 11 is 0. The molecular formula is C34H36N6O5Si. The van der Waals surface area contributed by atoms with Crippen LogP contribution in [0.25, 0.3) is 16.5 Å². The Labute approximate surface area is 266 Å². The van der Waals surface area contributed by atoms with E-state index in [2.05, 4.69) is 15.4 Å². The van der Waals surface area contributed by atoms with Gasteiger partial charge in [-0.1, -0.05) is 48.5 Å². The number of aliphatic hydroxyl groups excluding tert-OH is 1. The first-order valence-corrected chi connectivity index (χ1v) is 18.6. The Morgan fingerprint density at radius 1 is 1.00 bits per heavy atom. The van der Waals surface area contributed by atoms with Crippen molar-refractivity contribution in [3.05, 3.63) is 107 Å². The van der Waals surface area contributed by atoms with Gasteiger partial charge in [-0.25, -0.2) is 0 Å². The van der Waals surface area contributed by atoms with E-state index in [0.29, 0.717) is 53.1 Å². The summed E-state index contributed by atoms with van der Waals surface area (Å²) in [4.78, 5) is 41.8. The number of aryl methyl sites for hydroxylation is 1. The highest BCUT2D eigenvalue weighted by atomic mass is 28.4. The van der Waals surface area contributed by atoms with E-state index in [1.807, 2.05) is 80.7 Å². The van der Waals surface area contributed by atoms with E-state index in [1.54, 1.807) is 34.1 Å². The van der Waals surface area contributed by atoms with Crippen LogP contribution < -0.4 is 10.5 Å². The Bertz CT molecular complexity index is 1990. The lowest BCUT2D eigenvalue weighted by Gasteiger charge is -2.32. The van der Waals surface area contributed by atoms with E-state index in [-0.39, 0.29) is 29.5 Å². The molecule has 5 aromatic rings. The average molecular weight is 637 g/mol. The fourth-order valence-electron chi connectivity index (χ4n) is 7.44. The van der Waals surface area contributed by atoms with Gasteiger partial charge in [0.15, 0.2) is 13.9 Å². The van der Waals surface area contributed by atoms with Crippen molar-refractivity contribution < 1.29 is 19.4 Å². The SMILES string of the molecule is C[C@@H]1[C@@H]([Si](C)(C)O)[C@H](CCn2cc(CCO)nn2)O[C@@]12C(=O)N(c1ccccc1)c1ccc(-n3ncc4ccccc4c3=O)cc12. The van der Waals surface area contributed by atoms with Crippen LogP contribution in [0.3, 0.4) is 0 Å². The molecule has 12 heteroatoms. The number of para-hydroxylation sites is 1. The number of aliphatic hydroxyl groups is 1. The molecular weight excluding hydrogens is 600 g/mol. The van der Waals surface area contributed by atoms with Gasteiger partial charge in [0.25, 0.3) is 11.5 Å². The molecule has 1 amide bonds. The number of hydrogen-bond acceptors (Lipinski definition) is 8. The lowest BCUT2D eigenvalue weighted by Crippen LogP contribution is -2.45. The zero-order valence-corrected chi connectivity index (χ0v) is 26.9. The van der Waals surface area contributed by atoms with Crippen LogP contribution in [0.5, 0.6) is 0 Å². The predicted octanol–water partition coefficient (Wildman–Crippen LogP) is 4.08. The number of anilines is 2. The zero-order chi connectivity index (χ0) is 32.2. The molecule has 11 nitrogen and oxygen atoms in total. The van der Waals surface area contributed by atoms with Crippen LogP contribution >= 0.6 is 0 Å². The highest BCUT2D eigenvalue weighted by Crippen LogP contribution is 2.60. The molecule has 0 unspecified atom stereocenters. The number of carbonyl (C=O) groups excluding carboxylic acids is 1. The highest BCUT2D eigenvalue weighted by Gasteiger charge is 2.66. The zero-order valence-electron chi connectivity index (χ0n) is 25.9. The predicted molar refractivity (Wildman–Crippen MR) is 176 cm³/mol. The molecule has 4 heterocycles. The number of rotatable bonds is 8. The average Bonchev–Trinajstić information content (AvgIpc) is 3.69. The van der Waals surface area contributed by atoms with E-state index in [4.69, 9.17) is 4.74 Å². The molecule has 236 valence electrons. The van der Waals surface area contributed by atoms with Crippen LogP contribution in [0.15, 0.2) is 90.0 Å². The van der Waals surface area contributed by atoms with Gasteiger partial charge in [0.05, 0.1) is 34.8 Å². The monoisotopic (exact) mass is 636 g/mol. The first-order chi connectivity index (χ1) is 22.1. The lowest BCUT2D eigenvalue weighted by molar-refractivity contribution is -0.145. The van der Waals surface area contributed by atoms with Crippen LogP contribution in [-0.4, -0.2) is 61.6 Å². The molecule has 2 aliphatic heterocycles. The maximum Gasteiger partial charge on any atom is 0.279 e. The minimum absolute atomic E-state index is 0.0148. The molecule has 2 N–H and O–H groups in total. The molecule has 0 aliphatic carbocycles. The second-order valence-electron chi connectivity index (χ2n) is 12.7. The van der Waals surface area contributed by atoms with E-state index in [0.717, 1.165) is 5.39 Å². The highest BCUT2D eigenvalue weighted by molar-refractivity contribution is 6.71. The van der Waals surface area contributed by atoms with Crippen molar-refractivity contribution in [1.29, 1.82) is 0 Å². The maximum absolute atomic E-state index is 14.9. The minimum atomic E-state index is -2.90. The molecule has 0 radical (unpaired) electrons. The Hall–Kier alpha value is -4.49. The van der Waals surface area contributed by atoms with Gasteiger partial charge in [-0.15, -0.1) is 5.10 Å². The van der Waals surface area contributed by atoms with Gasteiger partial charge in [0, 0.05) is 53.9 Å². The third-order valence-electron chi connectivity index (χ3n) is 9.43. The van der Waals surface area contributed by atoms with Gasteiger partial charge in [0.2, 0.25) is 0 Å². The summed E-state index contributed by atoms with van der Waals surface area (Å²) in [5.41, 5.74) is 1.27. The van der Waals surface area contributed by atoms with Crippen molar-refractivity contribution in [2.75, 3.05) is 11.5 Å². The topological polar surface area (TPSA) is 136 Å². The summed E-state index contributed by atoms with van der Waals surface area (Å²) < 4.78 is 10.1. The number of fused-ring (bicyclic) bond motifs is 3. The second kappa shape index (κ2) is 11.4. The standard InChI is InChI=1S/C34H36N6O5Si/c1-22-31(46(2,3)44)30(15-17-38-21-24(16-18-41)36-37-38)45-34(22)28-19-26(40-32(42)27-12-8-7-9-23(27)20-35-40)13-14-29(28)39(33(34)43)25-10-5-4-6-11-25/h4-14,19-22,30-31,41,44H,15-18H2,1-3H3/t22-,30+,31-,34+/m1/s1. The molecule has 2 aliphatic rings. The van der Waals surface area contributed by atoms with Gasteiger partial charge in [0.1, 0.15) is 0 Å². The lowest BCUT2D eigenvalue weighted by atomic mass is 9.82. The van der Waals surface area contributed by atoms with Gasteiger partial charge in [-0.05, 0) is 55.9 Å². The summed E-state index contributed by atoms with van der Waals surface area (Å²) in [6, 6.07) is 22.3. The molecule has 0 bridgehead atoms. The van der Waals surface area contributed by atoms with Crippen molar-refractivity contribution in [3.63, 3.8) is 0 Å².